The molecule has 0 atom stereocenters. The molecule has 0 radical (unpaired) electrons. The van der Waals surface area contributed by atoms with Crippen LogP contribution in [0.5, 0.6) is 5.75 Å². The Labute approximate surface area is 158 Å². The first-order valence-corrected chi connectivity index (χ1v) is 9.13. The van der Waals surface area contributed by atoms with Crippen LogP contribution >= 0.6 is 0 Å². The quantitative estimate of drug-likeness (QED) is 0.737. The second-order valence-corrected chi connectivity index (χ2v) is 6.57. The van der Waals surface area contributed by atoms with E-state index < -0.39 is 5.91 Å². The molecule has 1 fully saturated rings. The lowest BCUT2D eigenvalue weighted by Gasteiger charge is -2.06. The molecule has 27 heavy (non-hydrogen) atoms. The Balaban J connectivity index is 0.000000364. The largest absolute Gasteiger partial charge is 0.487 e. The molecule has 3 N–H and O–H groups in total. The number of carbonyl (C=O) groups excluding carboxylic acids is 1. The van der Waals surface area contributed by atoms with Crippen molar-refractivity contribution in [3.63, 3.8) is 0 Å². The van der Waals surface area contributed by atoms with E-state index in [0.29, 0.717) is 34.6 Å². The standard InChI is InChI=1S/C17H16N2O3.C4H9N/c1-10-4-3-5-12(19-10)9-21-13-6-7-15-14(8-13)16(17(18)20)11(2)22-15;1-2-4-5-3-1/h3-8H,9H2,1-2H3,(H2,18,20);5H,1-4H2. The minimum absolute atomic E-state index is 0.357. The fourth-order valence-electron chi connectivity index (χ4n) is 3.06. The summed E-state index contributed by atoms with van der Waals surface area (Å²) in [5.74, 6) is 0.646. The SMILES string of the molecule is C1CCNC1.Cc1cccc(COc2ccc3oc(C)c(C(N)=O)c3c2)n1. The molecule has 6 nitrogen and oxygen atoms in total. The van der Waals surface area contributed by atoms with E-state index in [-0.39, 0.29) is 0 Å². The third-order valence-electron chi connectivity index (χ3n) is 4.37. The number of nitrogens with zero attached hydrogens (tertiary/aromatic N) is 1. The average Bonchev–Trinajstić information content (AvgIpc) is 3.30. The number of aromatic nitrogens is 1. The number of fused-ring (bicyclic) bond motifs is 1. The van der Waals surface area contributed by atoms with Gasteiger partial charge in [-0.25, -0.2) is 0 Å². The van der Waals surface area contributed by atoms with Gasteiger partial charge in [-0.1, -0.05) is 6.07 Å². The van der Waals surface area contributed by atoms with Crippen LogP contribution in [-0.4, -0.2) is 24.0 Å². The smallest absolute Gasteiger partial charge is 0.252 e. The topological polar surface area (TPSA) is 90.4 Å². The summed E-state index contributed by atoms with van der Waals surface area (Å²) < 4.78 is 11.3. The number of furan rings is 1. The van der Waals surface area contributed by atoms with Crippen molar-refractivity contribution in [3.05, 3.63) is 59.1 Å². The third-order valence-corrected chi connectivity index (χ3v) is 4.37. The summed E-state index contributed by atoms with van der Waals surface area (Å²) in [7, 11) is 0. The molecule has 6 heteroatoms. The molecule has 0 spiro atoms. The molecule has 2 aromatic heterocycles. The summed E-state index contributed by atoms with van der Waals surface area (Å²) in [6, 6.07) is 11.1. The average molecular weight is 367 g/mol. The van der Waals surface area contributed by atoms with Crippen LogP contribution in [-0.2, 0) is 6.61 Å². The van der Waals surface area contributed by atoms with Gasteiger partial charge in [0, 0.05) is 11.1 Å². The number of amides is 1. The Morgan fingerprint density at radius 2 is 2.00 bits per heavy atom. The number of hydrogen-bond acceptors (Lipinski definition) is 5. The molecule has 3 heterocycles. The Kier molecular flexibility index (Phi) is 6.08. The van der Waals surface area contributed by atoms with Crippen LogP contribution in [0.4, 0.5) is 0 Å². The molecule has 142 valence electrons. The van der Waals surface area contributed by atoms with Gasteiger partial charge in [-0.05, 0) is 70.1 Å². The number of ether oxygens (including phenoxy) is 1. The molecule has 1 saturated heterocycles. The minimum atomic E-state index is -0.506. The number of pyridine rings is 1. The van der Waals surface area contributed by atoms with Gasteiger partial charge in [0.05, 0.1) is 11.3 Å². The van der Waals surface area contributed by atoms with Crippen molar-refractivity contribution in [1.82, 2.24) is 10.3 Å². The maximum atomic E-state index is 11.5. The fraction of sp³-hybridized carbons (Fsp3) is 0.333. The molecule has 0 saturated carbocycles. The number of carbonyl (C=O) groups is 1. The van der Waals surface area contributed by atoms with Crippen LogP contribution in [0, 0.1) is 13.8 Å². The molecular weight excluding hydrogens is 342 g/mol. The van der Waals surface area contributed by atoms with E-state index in [0.717, 1.165) is 11.4 Å². The summed E-state index contributed by atoms with van der Waals surface area (Å²) in [5.41, 5.74) is 8.21. The number of primary amides is 1. The first-order chi connectivity index (χ1) is 13.0. The van der Waals surface area contributed by atoms with E-state index in [9.17, 15) is 4.79 Å². The van der Waals surface area contributed by atoms with E-state index in [1.54, 1.807) is 25.1 Å². The van der Waals surface area contributed by atoms with E-state index in [4.69, 9.17) is 14.9 Å². The maximum absolute atomic E-state index is 11.5. The molecule has 0 bridgehead atoms. The van der Waals surface area contributed by atoms with Crippen LogP contribution in [0.25, 0.3) is 11.0 Å². The molecule has 0 unspecified atom stereocenters. The van der Waals surface area contributed by atoms with Gasteiger partial charge < -0.3 is 20.2 Å². The highest BCUT2D eigenvalue weighted by Crippen LogP contribution is 2.29. The van der Waals surface area contributed by atoms with Crippen LogP contribution in [0.2, 0.25) is 0 Å². The van der Waals surface area contributed by atoms with Gasteiger partial charge in [0.15, 0.2) is 0 Å². The van der Waals surface area contributed by atoms with Crippen molar-refractivity contribution in [2.75, 3.05) is 13.1 Å². The predicted molar refractivity (Wildman–Crippen MR) is 105 cm³/mol. The zero-order valence-corrected chi connectivity index (χ0v) is 15.7. The Bertz CT molecular complexity index is 922. The van der Waals surface area contributed by atoms with Gasteiger partial charge >= 0.3 is 0 Å². The number of benzene rings is 1. The summed E-state index contributed by atoms with van der Waals surface area (Å²) in [4.78, 5) is 15.9. The number of aryl methyl sites for hydroxylation is 2. The van der Waals surface area contributed by atoms with Gasteiger partial charge in [-0.15, -0.1) is 0 Å². The Morgan fingerprint density at radius 3 is 2.63 bits per heavy atom. The van der Waals surface area contributed by atoms with Crippen molar-refractivity contribution in [3.8, 4) is 5.75 Å². The fourth-order valence-corrected chi connectivity index (χ4v) is 3.06. The van der Waals surface area contributed by atoms with Gasteiger partial charge in [-0.2, -0.15) is 0 Å². The molecule has 0 aliphatic carbocycles. The second-order valence-electron chi connectivity index (χ2n) is 6.57. The van der Waals surface area contributed by atoms with Crippen LogP contribution in [0.1, 0.15) is 40.3 Å². The highest BCUT2D eigenvalue weighted by Gasteiger charge is 2.16. The molecule has 1 aromatic carbocycles. The number of nitrogens with one attached hydrogen (secondary N) is 1. The van der Waals surface area contributed by atoms with E-state index in [2.05, 4.69) is 10.3 Å². The molecule has 3 aromatic rings. The van der Waals surface area contributed by atoms with Crippen LogP contribution < -0.4 is 15.8 Å². The lowest BCUT2D eigenvalue weighted by atomic mass is 10.1. The maximum Gasteiger partial charge on any atom is 0.252 e. The molecule has 1 aliphatic rings. The van der Waals surface area contributed by atoms with Gasteiger partial charge in [0.25, 0.3) is 5.91 Å². The van der Waals surface area contributed by atoms with Crippen molar-refractivity contribution in [2.24, 2.45) is 5.73 Å². The first kappa shape index (κ1) is 18.9. The second kappa shape index (κ2) is 8.68. The zero-order chi connectivity index (χ0) is 19.2. The zero-order valence-electron chi connectivity index (χ0n) is 15.7. The normalized spacial score (nSPS) is 13.3. The lowest BCUT2D eigenvalue weighted by molar-refractivity contribution is 0.1000. The van der Waals surface area contributed by atoms with Gasteiger partial charge in [0.2, 0.25) is 0 Å². The molecule has 4 rings (SSSR count). The monoisotopic (exact) mass is 367 g/mol. The summed E-state index contributed by atoms with van der Waals surface area (Å²) >= 11 is 0. The summed E-state index contributed by atoms with van der Waals surface area (Å²) in [6.45, 7) is 6.51. The van der Waals surface area contributed by atoms with Gasteiger partial charge in [0.1, 0.15) is 23.7 Å². The number of rotatable bonds is 4. The van der Waals surface area contributed by atoms with Crippen molar-refractivity contribution in [1.29, 1.82) is 0 Å². The summed E-state index contributed by atoms with van der Waals surface area (Å²) in [5, 5.41) is 3.89. The van der Waals surface area contributed by atoms with Crippen LogP contribution in [0.3, 0.4) is 0 Å². The highest BCUT2D eigenvalue weighted by molar-refractivity contribution is 6.06. The van der Waals surface area contributed by atoms with Crippen LogP contribution in [0.15, 0.2) is 40.8 Å². The summed E-state index contributed by atoms with van der Waals surface area (Å²) in [6.07, 6.45) is 2.78. The van der Waals surface area contributed by atoms with E-state index in [1.807, 2.05) is 25.1 Å². The molecular formula is C21H25N3O3. The van der Waals surface area contributed by atoms with Gasteiger partial charge in [-0.3, -0.25) is 9.78 Å². The number of nitrogens with two attached hydrogens (primary N) is 1. The van der Waals surface area contributed by atoms with Crippen molar-refractivity contribution < 1.29 is 13.9 Å². The Morgan fingerprint density at radius 1 is 1.22 bits per heavy atom. The highest BCUT2D eigenvalue weighted by atomic mass is 16.5. The minimum Gasteiger partial charge on any atom is -0.487 e. The number of hydrogen-bond donors (Lipinski definition) is 2. The van der Waals surface area contributed by atoms with Crippen molar-refractivity contribution >= 4 is 16.9 Å². The first-order valence-electron chi connectivity index (χ1n) is 9.13. The lowest BCUT2D eigenvalue weighted by Crippen LogP contribution is -2.11. The predicted octanol–water partition coefficient (Wildman–Crippen LogP) is 3.49. The molecule has 1 aliphatic heterocycles. The van der Waals surface area contributed by atoms with Crippen molar-refractivity contribution in [2.45, 2.75) is 33.3 Å². The van der Waals surface area contributed by atoms with E-state index in [1.165, 1.54) is 25.9 Å². The van der Waals surface area contributed by atoms with E-state index >= 15 is 0 Å². The molecule has 1 amide bonds. The third kappa shape index (κ3) is 4.86. The Hall–Kier alpha value is -2.86.